The molecule has 0 radical (unpaired) electrons. The molecule has 0 unspecified atom stereocenters. The maximum absolute atomic E-state index is 12.0. The van der Waals surface area contributed by atoms with Gasteiger partial charge in [0.2, 0.25) is 0 Å². The van der Waals surface area contributed by atoms with Gasteiger partial charge in [0.1, 0.15) is 0 Å². The van der Waals surface area contributed by atoms with E-state index in [2.05, 4.69) is 57.2 Å². The van der Waals surface area contributed by atoms with E-state index >= 15 is 0 Å². The van der Waals surface area contributed by atoms with Crippen molar-refractivity contribution in [3.63, 3.8) is 0 Å². The fourth-order valence-corrected chi connectivity index (χ4v) is 3.65. The van der Waals surface area contributed by atoms with Crippen LogP contribution in [0.5, 0.6) is 0 Å². The first kappa shape index (κ1) is 19.7. The van der Waals surface area contributed by atoms with Gasteiger partial charge >= 0.3 is 0 Å². The zero-order chi connectivity index (χ0) is 18.7. The largest absolute Gasteiger partial charge is 0.228 e. The number of benzene rings is 2. The maximum atomic E-state index is 12.0. The van der Waals surface area contributed by atoms with Crippen LogP contribution in [0.3, 0.4) is 0 Å². The van der Waals surface area contributed by atoms with Crippen LogP contribution >= 0.6 is 0 Å². The topological polar surface area (TPSA) is 34.1 Å². The summed E-state index contributed by atoms with van der Waals surface area (Å²) in [6, 6.07) is 16.8. The molecule has 0 N–H and O–H groups in total. The summed E-state index contributed by atoms with van der Waals surface area (Å²) in [6.07, 6.45) is 1.96. The number of rotatable bonds is 6. The van der Waals surface area contributed by atoms with Crippen LogP contribution in [-0.2, 0) is 33.8 Å². The van der Waals surface area contributed by atoms with Crippen LogP contribution < -0.4 is 0 Å². The molecule has 2 aromatic carbocycles. The SMILES string of the molecule is CC(C)S(=O)(=O)Cc1ccc(CCc2ccc(C(C)(C)C)cc2)cc1. The molecule has 2 nitrogen and oxygen atoms in total. The molecule has 0 fully saturated rings. The smallest absolute Gasteiger partial charge is 0.156 e. The predicted octanol–water partition coefficient (Wildman–Crippen LogP) is 5.09. The molecule has 25 heavy (non-hydrogen) atoms. The van der Waals surface area contributed by atoms with Crippen molar-refractivity contribution >= 4 is 9.84 Å². The quantitative estimate of drug-likeness (QED) is 0.720. The first-order valence-corrected chi connectivity index (χ1v) is 10.7. The van der Waals surface area contributed by atoms with Crippen LogP contribution in [-0.4, -0.2) is 13.7 Å². The number of hydrogen-bond donors (Lipinski definition) is 0. The molecule has 2 aromatic rings. The highest BCUT2D eigenvalue weighted by Crippen LogP contribution is 2.22. The van der Waals surface area contributed by atoms with Crippen LogP contribution in [0.1, 0.15) is 56.9 Å². The van der Waals surface area contributed by atoms with Gasteiger partial charge in [0.15, 0.2) is 9.84 Å². The Labute approximate surface area is 153 Å². The second kappa shape index (κ2) is 7.74. The number of aryl methyl sites for hydroxylation is 2. The minimum atomic E-state index is -3.04. The van der Waals surface area contributed by atoms with Gasteiger partial charge in [-0.05, 0) is 54.4 Å². The van der Waals surface area contributed by atoms with Crippen LogP contribution in [0, 0.1) is 0 Å². The lowest BCUT2D eigenvalue weighted by molar-refractivity contribution is 0.586. The Morgan fingerprint density at radius 2 is 1.16 bits per heavy atom. The van der Waals surface area contributed by atoms with Gasteiger partial charge in [-0.2, -0.15) is 0 Å². The Balaban J connectivity index is 1.96. The van der Waals surface area contributed by atoms with Crippen molar-refractivity contribution in [2.75, 3.05) is 0 Å². The molecule has 0 aliphatic heterocycles. The molecular weight excluding hydrogens is 328 g/mol. The highest BCUT2D eigenvalue weighted by Gasteiger charge is 2.16. The van der Waals surface area contributed by atoms with Crippen molar-refractivity contribution in [3.05, 3.63) is 70.8 Å². The highest BCUT2D eigenvalue weighted by molar-refractivity contribution is 7.91. The maximum Gasteiger partial charge on any atom is 0.156 e. The first-order valence-electron chi connectivity index (χ1n) is 8.97. The molecule has 136 valence electrons. The molecule has 0 heterocycles. The fraction of sp³-hybridized carbons (Fsp3) is 0.455. The number of hydrogen-bond acceptors (Lipinski definition) is 2. The summed E-state index contributed by atoms with van der Waals surface area (Å²) < 4.78 is 24.0. The molecule has 0 saturated carbocycles. The van der Waals surface area contributed by atoms with Gasteiger partial charge in [0.05, 0.1) is 11.0 Å². The minimum Gasteiger partial charge on any atom is -0.228 e. The summed E-state index contributed by atoms with van der Waals surface area (Å²) in [5.74, 6) is 0.124. The van der Waals surface area contributed by atoms with E-state index in [-0.39, 0.29) is 16.4 Å². The molecule has 0 aliphatic carbocycles. The van der Waals surface area contributed by atoms with Gasteiger partial charge in [-0.25, -0.2) is 8.42 Å². The molecule has 0 amide bonds. The predicted molar refractivity (Wildman–Crippen MR) is 107 cm³/mol. The Morgan fingerprint density at radius 1 is 0.760 bits per heavy atom. The van der Waals surface area contributed by atoms with Crippen molar-refractivity contribution in [1.82, 2.24) is 0 Å². The molecule has 2 rings (SSSR count). The van der Waals surface area contributed by atoms with Crippen molar-refractivity contribution in [1.29, 1.82) is 0 Å². The second-order valence-electron chi connectivity index (χ2n) is 8.12. The summed E-state index contributed by atoms with van der Waals surface area (Å²) in [4.78, 5) is 0. The van der Waals surface area contributed by atoms with E-state index in [0.717, 1.165) is 18.4 Å². The number of sulfone groups is 1. The average Bonchev–Trinajstić information content (AvgIpc) is 2.53. The summed E-state index contributed by atoms with van der Waals surface area (Å²) >= 11 is 0. The Bertz CT molecular complexity index is 777. The Morgan fingerprint density at radius 3 is 1.56 bits per heavy atom. The lowest BCUT2D eigenvalue weighted by atomic mass is 9.86. The lowest BCUT2D eigenvalue weighted by Gasteiger charge is -2.19. The zero-order valence-corrected chi connectivity index (χ0v) is 16.9. The molecule has 0 aliphatic rings. The molecule has 0 atom stereocenters. The van der Waals surface area contributed by atoms with E-state index < -0.39 is 9.84 Å². The van der Waals surface area contributed by atoms with Gasteiger partial charge in [0.25, 0.3) is 0 Å². The summed E-state index contributed by atoms with van der Waals surface area (Å²) in [6.45, 7) is 10.1. The van der Waals surface area contributed by atoms with E-state index in [1.165, 1.54) is 16.7 Å². The molecular formula is C22H30O2S. The fourth-order valence-electron chi connectivity index (χ4n) is 2.66. The van der Waals surface area contributed by atoms with E-state index in [4.69, 9.17) is 0 Å². The van der Waals surface area contributed by atoms with Gasteiger partial charge in [0, 0.05) is 0 Å². The van der Waals surface area contributed by atoms with E-state index in [9.17, 15) is 8.42 Å². The zero-order valence-electron chi connectivity index (χ0n) is 16.0. The van der Waals surface area contributed by atoms with Crippen LogP contribution in [0.4, 0.5) is 0 Å². The van der Waals surface area contributed by atoms with Gasteiger partial charge in [-0.3, -0.25) is 0 Å². The third-order valence-corrected chi connectivity index (χ3v) is 6.80. The molecule has 0 aromatic heterocycles. The van der Waals surface area contributed by atoms with Crippen LogP contribution in [0.2, 0.25) is 0 Å². The van der Waals surface area contributed by atoms with E-state index in [0.29, 0.717) is 0 Å². The summed E-state index contributed by atoms with van der Waals surface area (Å²) in [7, 11) is -3.04. The standard InChI is InChI=1S/C22H30O2S/c1-17(2)25(23,24)16-20-10-8-18(9-11-20)6-7-19-12-14-21(15-13-19)22(3,4)5/h8-15,17H,6-7,16H2,1-5H3. The summed E-state index contributed by atoms with van der Waals surface area (Å²) in [5.41, 5.74) is 4.98. The van der Waals surface area contributed by atoms with Crippen molar-refractivity contribution in [2.24, 2.45) is 0 Å². The Hall–Kier alpha value is -1.61. The second-order valence-corrected chi connectivity index (χ2v) is 10.7. The lowest BCUT2D eigenvalue weighted by Crippen LogP contribution is -2.15. The van der Waals surface area contributed by atoms with Crippen molar-refractivity contribution < 1.29 is 8.42 Å². The van der Waals surface area contributed by atoms with Gasteiger partial charge in [-0.15, -0.1) is 0 Å². The van der Waals surface area contributed by atoms with E-state index in [1.807, 2.05) is 12.1 Å². The molecule has 0 saturated heterocycles. The van der Waals surface area contributed by atoms with E-state index in [1.54, 1.807) is 13.8 Å². The van der Waals surface area contributed by atoms with Crippen molar-refractivity contribution in [2.45, 2.75) is 63.9 Å². The molecule has 0 spiro atoms. The Kier molecular flexibility index (Phi) is 6.10. The molecule has 0 bridgehead atoms. The first-order chi connectivity index (χ1) is 11.6. The van der Waals surface area contributed by atoms with Gasteiger partial charge in [-0.1, -0.05) is 69.3 Å². The van der Waals surface area contributed by atoms with Crippen LogP contribution in [0.25, 0.3) is 0 Å². The average molecular weight is 359 g/mol. The molecule has 3 heteroatoms. The minimum absolute atomic E-state index is 0.124. The highest BCUT2D eigenvalue weighted by atomic mass is 32.2. The van der Waals surface area contributed by atoms with Crippen LogP contribution in [0.15, 0.2) is 48.5 Å². The third-order valence-electron chi connectivity index (χ3n) is 4.63. The monoisotopic (exact) mass is 358 g/mol. The van der Waals surface area contributed by atoms with Crippen molar-refractivity contribution in [3.8, 4) is 0 Å². The third kappa shape index (κ3) is 5.71. The summed E-state index contributed by atoms with van der Waals surface area (Å²) in [5, 5.41) is -0.330. The van der Waals surface area contributed by atoms with Gasteiger partial charge < -0.3 is 0 Å². The normalized spacial score (nSPS) is 12.6.